The molecule has 1 aliphatic heterocycles. The van der Waals surface area contributed by atoms with E-state index in [4.69, 9.17) is 5.26 Å². The third-order valence-corrected chi connectivity index (χ3v) is 6.02. The lowest BCUT2D eigenvalue weighted by Crippen LogP contribution is -2.50. The van der Waals surface area contributed by atoms with Crippen LogP contribution in [0.4, 0.5) is 19.3 Å². The fraction of sp³-hybridized carbons (Fsp3) is 0.143. The third-order valence-electron chi connectivity index (χ3n) is 3.39. The second-order valence-corrected chi connectivity index (χ2v) is 7.51. The summed E-state index contributed by atoms with van der Waals surface area (Å²) in [5, 5.41) is 11.7. The number of thiophene rings is 1. The van der Waals surface area contributed by atoms with Crippen molar-refractivity contribution in [3.63, 3.8) is 0 Å². The van der Waals surface area contributed by atoms with Crippen LogP contribution in [-0.2, 0) is 16.6 Å². The molecule has 0 saturated carbocycles. The number of rotatable bonds is 3. The number of benzene rings is 1. The van der Waals surface area contributed by atoms with Crippen LogP contribution >= 0.6 is 11.3 Å². The molecule has 10 heteroatoms. The molecule has 2 heterocycles. The largest absolute Gasteiger partial charge is 0.339 e. The van der Waals surface area contributed by atoms with E-state index >= 15 is 0 Å². The fourth-order valence-electron chi connectivity index (χ4n) is 2.37. The Morgan fingerprint density at radius 1 is 1.17 bits per heavy atom. The molecule has 0 radical (unpaired) electrons. The SMILES string of the molecule is N#CCN1C(=O)N(Cc2cc(F)cc(F)c2)S(=O)(=O)c2cscc21. The lowest BCUT2D eigenvalue weighted by atomic mass is 10.2. The second kappa shape index (κ2) is 5.85. The number of sulfonamides is 1. The van der Waals surface area contributed by atoms with Crippen LogP contribution in [-0.4, -0.2) is 25.3 Å². The van der Waals surface area contributed by atoms with Gasteiger partial charge in [0.1, 0.15) is 23.1 Å². The number of fused-ring (bicyclic) bond motifs is 1. The lowest BCUT2D eigenvalue weighted by molar-refractivity contribution is 0.227. The number of nitriles is 1. The third kappa shape index (κ3) is 2.61. The van der Waals surface area contributed by atoms with Crippen molar-refractivity contribution in [1.29, 1.82) is 5.26 Å². The predicted octanol–water partition coefficient (Wildman–Crippen LogP) is 2.68. The van der Waals surface area contributed by atoms with Crippen LogP contribution in [0.15, 0.2) is 33.9 Å². The molecule has 6 nitrogen and oxygen atoms in total. The Bertz CT molecular complexity index is 946. The Hall–Kier alpha value is -2.51. The number of anilines is 1. The molecule has 2 amide bonds. The Morgan fingerprint density at radius 2 is 1.83 bits per heavy atom. The van der Waals surface area contributed by atoms with E-state index in [2.05, 4.69) is 0 Å². The summed E-state index contributed by atoms with van der Waals surface area (Å²) in [6.45, 7) is -0.876. The zero-order chi connectivity index (χ0) is 17.5. The number of carbonyl (C=O) groups is 1. The molecule has 0 unspecified atom stereocenters. The number of nitrogens with zero attached hydrogens (tertiary/aromatic N) is 3. The summed E-state index contributed by atoms with van der Waals surface area (Å²) in [6.07, 6.45) is 0. The molecule has 24 heavy (non-hydrogen) atoms. The molecule has 1 aliphatic rings. The van der Waals surface area contributed by atoms with Gasteiger partial charge in [0.2, 0.25) is 0 Å². The summed E-state index contributed by atoms with van der Waals surface area (Å²) in [4.78, 5) is 13.4. The predicted molar refractivity (Wildman–Crippen MR) is 81.8 cm³/mol. The van der Waals surface area contributed by atoms with Gasteiger partial charge in [-0.1, -0.05) is 0 Å². The van der Waals surface area contributed by atoms with Crippen LogP contribution in [0.5, 0.6) is 0 Å². The van der Waals surface area contributed by atoms with Crippen LogP contribution in [0.1, 0.15) is 5.56 Å². The van der Waals surface area contributed by atoms with E-state index in [0.717, 1.165) is 28.4 Å². The summed E-state index contributed by atoms with van der Waals surface area (Å²) >= 11 is 1.07. The molecule has 3 rings (SSSR count). The molecule has 0 aliphatic carbocycles. The highest BCUT2D eigenvalue weighted by Gasteiger charge is 2.42. The molecule has 1 aromatic carbocycles. The maximum Gasteiger partial charge on any atom is 0.339 e. The molecule has 0 fully saturated rings. The average Bonchev–Trinajstić information content (AvgIpc) is 2.98. The van der Waals surface area contributed by atoms with Gasteiger partial charge in [-0.2, -0.15) is 5.26 Å². The van der Waals surface area contributed by atoms with E-state index in [1.54, 1.807) is 6.07 Å². The van der Waals surface area contributed by atoms with Gasteiger partial charge >= 0.3 is 6.03 Å². The van der Waals surface area contributed by atoms with E-state index < -0.39 is 34.2 Å². The maximum absolute atomic E-state index is 13.3. The first-order valence-corrected chi connectivity index (χ1v) is 8.95. The van der Waals surface area contributed by atoms with Crippen molar-refractivity contribution < 1.29 is 22.0 Å². The Morgan fingerprint density at radius 3 is 2.46 bits per heavy atom. The van der Waals surface area contributed by atoms with Gasteiger partial charge in [-0.25, -0.2) is 26.3 Å². The number of carbonyl (C=O) groups excluding carboxylic acids is 1. The normalized spacial score (nSPS) is 16.0. The molecular formula is C14H9F2N3O3S2. The van der Waals surface area contributed by atoms with Crippen molar-refractivity contribution in [2.75, 3.05) is 11.4 Å². The van der Waals surface area contributed by atoms with Gasteiger partial charge in [-0.3, -0.25) is 4.90 Å². The monoisotopic (exact) mass is 369 g/mol. The molecule has 124 valence electrons. The number of hydrogen-bond donors (Lipinski definition) is 0. The van der Waals surface area contributed by atoms with Crippen LogP contribution in [0.25, 0.3) is 0 Å². The van der Waals surface area contributed by atoms with Crippen molar-refractivity contribution in [3.8, 4) is 6.07 Å². The lowest BCUT2D eigenvalue weighted by Gasteiger charge is -2.33. The fourth-order valence-corrected chi connectivity index (χ4v) is 5.09. The van der Waals surface area contributed by atoms with Crippen molar-refractivity contribution in [2.45, 2.75) is 11.4 Å². The number of halogens is 2. The molecule has 0 atom stereocenters. The molecule has 0 N–H and O–H groups in total. The van der Waals surface area contributed by atoms with Crippen LogP contribution in [0, 0.1) is 23.0 Å². The summed E-state index contributed by atoms with van der Waals surface area (Å²) in [6, 6.07) is 3.40. The van der Waals surface area contributed by atoms with Crippen LogP contribution < -0.4 is 4.90 Å². The minimum absolute atomic E-state index is 0.0139. The van der Waals surface area contributed by atoms with Gasteiger partial charge in [0.25, 0.3) is 10.0 Å². The molecule has 0 saturated heterocycles. The van der Waals surface area contributed by atoms with Crippen LogP contribution in [0.2, 0.25) is 0 Å². The molecule has 0 spiro atoms. The highest BCUT2D eigenvalue weighted by atomic mass is 32.2. The van der Waals surface area contributed by atoms with Crippen molar-refractivity contribution >= 4 is 33.1 Å². The summed E-state index contributed by atoms with van der Waals surface area (Å²) in [5.41, 5.74) is 0.119. The van der Waals surface area contributed by atoms with E-state index in [9.17, 15) is 22.0 Å². The van der Waals surface area contributed by atoms with Crippen LogP contribution in [0.3, 0.4) is 0 Å². The van der Waals surface area contributed by atoms with E-state index in [1.165, 1.54) is 10.8 Å². The first-order chi connectivity index (χ1) is 11.3. The summed E-state index contributed by atoms with van der Waals surface area (Å²) in [7, 11) is -4.17. The van der Waals surface area contributed by atoms with Gasteiger partial charge in [-0.15, -0.1) is 11.3 Å². The zero-order valence-corrected chi connectivity index (χ0v) is 13.6. The van der Waals surface area contributed by atoms with Crippen molar-refractivity contribution in [3.05, 3.63) is 46.2 Å². The quantitative estimate of drug-likeness (QED) is 0.779. The van der Waals surface area contributed by atoms with Gasteiger partial charge in [0.05, 0.1) is 18.3 Å². The summed E-state index contributed by atoms with van der Waals surface area (Å²) < 4.78 is 52.4. The number of amides is 2. The standard InChI is InChI=1S/C14H9F2N3O3S2/c15-10-3-9(4-11(16)5-10)6-19-14(20)18(2-1-17)12-7-23-8-13(12)24(19,21)22/h3-5,7-8H,2,6H2. The Labute approximate surface area is 140 Å². The van der Waals surface area contributed by atoms with Crippen molar-refractivity contribution in [1.82, 2.24) is 4.31 Å². The molecule has 0 bridgehead atoms. The van der Waals surface area contributed by atoms with Gasteiger partial charge in [0, 0.05) is 16.8 Å². The second-order valence-electron chi connectivity index (χ2n) is 4.94. The van der Waals surface area contributed by atoms with E-state index in [0.29, 0.717) is 10.4 Å². The van der Waals surface area contributed by atoms with Gasteiger partial charge in [-0.05, 0) is 17.7 Å². The maximum atomic E-state index is 13.3. The molecular weight excluding hydrogens is 360 g/mol. The topological polar surface area (TPSA) is 81.5 Å². The zero-order valence-electron chi connectivity index (χ0n) is 11.9. The minimum Gasteiger partial charge on any atom is -0.277 e. The molecule has 2 aromatic rings. The van der Waals surface area contributed by atoms with E-state index in [-0.39, 0.29) is 22.7 Å². The number of urea groups is 1. The minimum atomic E-state index is -4.17. The van der Waals surface area contributed by atoms with Crippen molar-refractivity contribution in [2.24, 2.45) is 0 Å². The first-order valence-electron chi connectivity index (χ1n) is 6.57. The first kappa shape index (κ1) is 16.4. The highest BCUT2D eigenvalue weighted by molar-refractivity contribution is 7.90. The van der Waals surface area contributed by atoms with Gasteiger partial charge < -0.3 is 0 Å². The molecule has 1 aromatic heterocycles. The smallest absolute Gasteiger partial charge is 0.277 e. The Kier molecular flexibility index (Phi) is 3.98. The average molecular weight is 369 g/mol. The highest BCUT2D eigenvalue weighted by Crippen LogP contribution is 2.37. The Balaban J connectivity index is 2.07. The number of hydrogen-bond acceptors (Lipinski definition) is 5. The van der Waals surface area contributed by atoms with E-state index in [1.807, 2.05) is 0 Å². The summed E-state index contributed by atoms with van der Waals surface area (Å²) in [5.74, 6) is -1.76. The van der Waals surface area contributed by atoms with Gasteiger partial charge in [0.15, 0.2) is 0 Å².